The van der Waals surface area contributed by atoms with Gasteiger partial charge in [-0.05, 0) is 59.7 Å². The summed E-state index contributed by atoms with van der Waals surface area (Å²) in [5, 5.41) is 4.60. The van der Waals surface area contributed by atoms with Gasteiger partial charge in [-0.25, -0.2) is 4.98 Å². The van der Waals surface area contributed by atoms with Gasteiger partial charge < -0.3 is 10.2 Å². The molecule has 0 radical (unpaired) electrons. The van der Waals surface area contributed by atoms with Crippen LogP contribution in [0.5, 0.6) is 0 Å². The highest BCUT2D eigenvalue weighted by atomic mass is 32.1. The second kappa shape index (κ2) is 6.82. The quantitative estimate of drug-likeness (QED) is 0.899. The van der Waals surface area contributed by atoms with Gasteiger partial charge in [0.05, 0.1) is 5.01 Å². The topological polar surface area (TPSA) is 28.2 Å². The maximum absolute atomic E-state index is 4.60. The molecule has 0 bridgehead atoms. The van der Waals surface area contributed by atoms with Crippen molar-refractivity contribution < 1.29 is 0 Å². The number of nitrogens with zero attached hydrogens (tertiary/aromatic N) is 2. The standard InChI is InChI=1S/C15H27N3S/c1-11(2)18-7-5-13(6-8-18)9-15-17-10-14(19-15)12(3)16-4/h10-13,16H,5-9H2,1-4H3. The third-order valence-corrected chi connectivity index (χ3v) is 5.48. The number of aromatic nitrogens is 1. The molecule has 1 aliphatic rings. The molecule has 1 unspecified atom stereocenters. The number of hydrogen-bond acceptors (Lipinski definition) is 4. The van der Waals surface area contributed by atoms with Crippen molar-refractivity contribution in [2.45, 2.75) is 52.1 Å². The Labute approximate surface area is 121 Å². The molecule has 19 heavy (non-hydrogen) atoms. The highest BCUT2D eigenvalue weighted by Gasteiger charge is 2.22. The summed E-state index contributed by atoms with van der Waals surface area (Å²) in [6.07, 6.45) is 5.88. The van der Waals surface area contributed by atoms with Crippen molar-refractivity contribution in [3.05, 3.63) is 16.1 Å². The first-order valence-electron chi connectivity index (χ1n) is 7.46. The minimum atomic E-state index is 0.425. The van der Waals surface area contributed by atoms with Crippen LogP contribution in [0.4, 0.5) is 0 Å². The van der Waals surface area contributed by atoms with Crippen LogP contribution in [0.25, 0.3) is 0 Å². The molecule has 0 aromatic carbocycles. The summed E-state index contributed by atoms with van der Waals surface area (Å²) in [5.74, 6) is 0.832. The predicted molar refractivity (Wildman–Crippen MR) is 82.7 cm³/mol. The molecule has 1 aliphatic heterocycles. The van der Waals surface area contributed by atoms with Crippen molar-refractivity contribution in [2.75, 3.05) is 20.1 Å². The third kappa shape index (κ3) is 4.01. The van der Waals surface area contributed by atoms with E-state index < -0.39 is 0 Å². The molecule has 2 heterocycles. The molecule has 1 saturated heterocycles. The lowest BCUT2D eigenvalue weighted by Gasteiger charge is -2.34. The molecule has 108 valence electrons. The van der Waals surface area contributed by atoms with Gasteiger partial charge in [-0.1, -0.05) is 0 Å². The fourth-order valence-electron chi connectivity index (χ4n) is 2.68. The zero-order valence-electron chi connectivity index (χ0n) is 12.6. The summed E-state index contributed by atoms with van der Waals surface area (Å²) in [6.45, 7) is 9.30. The van der Waals surface area contributed by atoms with Crippen LogP contribution in [-0.4, -0.2) is 36.1 Å². The normalized spacial score (nSPS) is 20.1. The van der Waals surface area contributed by atoms with Crippen LogP contribution in [0.3, 0.4) is 0 Å². The predicted octanol–water partition coefficient (Wildman–Crippen LogP) is 3.09. The van der Waals surface area contributed by atoms with Crippen molar-refractivity contribution in [1.82, 2.24) is 15.2 Å². The zero-order valence-corrected chi connectivity index (χ0v) is 13.5. The van der Waals surface area contributed by atoms with Gasteiger partial charge in [0.15, 0.2) is 0 Å². The van der Waals surface area contributed by atoms with Gasteiger partial charge in [-0.2, -0.15) is 0 Å². The summed E-state index contributed by atoms with van der Waals surface area (Å²) >= 11 is 1.88. The fraction of sp³-hybridized carbons (Fsp3) is 0.800. The van der Waals surface area contributed by atoms with E-state index in [0.29, 0.717) is 12.1 Å². The van der Waals surface area contributed by atoms with E-state index in [1.807, 2.05) is 24.6 Å². The summed E-state index contributed by atoms with van der Waals surface area (Å²) in [5.41, 5.74) is 0. The van der Waals surface area contributed by atoms with Gasteiger partial charge in [0.2, 0.25) is 0 Å². The second-order valence-electron chi connectivity index (χ2n) is 5.94. The molecule has 1 aromatic heterocycles. The smallest absolute Gasteiger partial charge is 0.0931 e. The van der Waals surface area contributed by atoms with Gasteiger partial charge in [0.1, 0.15) is 0 Å². The first-order valence-corrected chi connectivity index (χ1v) is 8.27. The lowest BCUT2D eigenvalue weighted by atomic mass is 9.93. The van der Waals surface area contributed by atoms with Gasteiger partial charge >= 0.3 is 0 Å². The molecule has 0 saturated carbocycles. The first-order chi connectivity index (χ1) is 9.10. The first kappa shape index (κ1) is 14.9. The number of rotatable bonds is 5. The molecule has 0 aliphatic carbocycles. The number of likely N-dealkylation sites (tertiary alicyclic amines) is 1. The summed E-state index contributed by atoms with van der Waals surface area (Å²) in [7, 11) is 2.01. The Balaban J connectivity index is 1.84. The average molecular weight is 281 g/mol. The Hall–Kier alpha value is -0.450. The van der Waals surface area contributed by atoms with E-state index in [1.165, 1.54) is 42.2 Å². The van der Waals surface area contributed by atoms with Gasteiger partial charge in [-0.15, -0.1) is 11.3 Å². The molecular weight excluding hydrogens is 254 g/mol. The second-order valence-corrected chi connectivity index (χ2v) is 7.09. The number of hydrogen-bond donors (Lipinski definition) is 1. The molecule has 1 fully saturated rings. The van der Waals surface area contributed by atoms with Crippen molar-refractivity contribution in [3.63, 3.8) is 0 Å². The maximum atomic E-state index is 4.60. The van der Waals surface area contributed by atoms with Crippen LogP contribution in [0.2, 0.25) is 0 Å². The molecule has 1 N–H and O–H groups in total. The van der Waals surface area contributed by atoms with E-state index in [2.05, 4.69) is 36.0 Å². The molecule has 3 nitrogen and oxygen atoms in total. The largest absolute Gasteiger partial charge is 0.312 e. The van der Waals surface area contributed by atoms with E-state index >= 15 is 0 Å². The van der Waals surface area contributed by atoms with E-state index in [0.717, 1.165) is 5.92 Å². The highest BCUT2D eigenvalue weighted by molar-refractivity contribution is 7.11. The van der Waals surface area contributed by atoms with Crippen LogP contribution >= 0.6 is 11.3 Å². The lowest BCUT2D eigenvalue weighted by molar-refractivity contribution is 0.149. The number of piperidine rings is 1. The third-order valence-electron chi connectivity index (χ3n) is 4.27. The van der Waals surface area contributed by atoms with Crippen molar-refractivity contribution in [2.24, 2.45) is 5.92 Å². The van der Waals surface area contributed by atoms with Crippen LogP contribution in [0, 0.1) is 5.92 Å². The number of thiazole rings is 1. The molecule has 0 spiro atoms. The van der Waals surface area contributed by atoms with Crippen LogP contribution in [0.1, 0.15) is 49.5 Å². The Morgan fingerprint density at radius 2 is 2.05 bits per heavy atom. The van der Waals surface area contributed by atoms with Crippen molar-refractivity contribution in [1.29, 1.82) is 0 Å². The Kier molecular flexibility index (Phi) is 5.37. The monoisotopic (exact) mass is 281 g/mol. The molecular formula is C15H27N3S. The van der Waals surface area contributed by atoms with Crippen LogP contribution < -0.4 is 5.32 Å². The van der Waals surface area contributed by atoms with E-state index in [4.69, 9.17) is 0 Å². The van der Waals surface area contributed by atoms with Gasteiger partial charge in [-0.3, -0.25) is 0 Å². The Bertz CT molecular complexity index is 380. The van der Waals surface area contributed by atoms with E-state index in [-0.39, 0.29) is 0 Å². The zero-order chi connectivity index (χ0) is 13.8. The molecule has 0 amide bonds. The summed E-state index contributed by atoms with van der Waals surface area (Å²) < 4.78 is 0. The Morgan fingerprint density at radius 1 is 1.37 bits per heavy atom. The minimum absolute atomic E-state index is 0.425. The van der Waals surface area contributed by atoms with Crippen molar-refractivity contribution in [3.8, 4) is 0 Å². The van der Waals surface area contributed by atoms with E-state index in [9.17, 15) is 0 Å². The summed E-state index contributed by atoms with van der Waals surface area (Å²) in [6, 6.07) is 1.12. The number of nitrogens with one attached hydrogen (secondary N) is 1. The SMILES string of the molecule is CNC(C)c1cnc(CC2CCN(C(C)C)CC2)s1. The maximum Gasteiger partial charge on any atom is 0.0931 e. The fourth-order valence-corrected chi connectivity index (χ4v) is 3.78. The molecule has 2 rings (SSSR count). The van der Waals surface area contributed by atoms with Gasteiger partial charge in [0.25, 0.3) is 0 Å². The minimum Gasteiger partial charge on any atom is -0.312 e. The van der Waals surface area contributed by atoms with Crippen LogP contribution in [0.15, 0.2) is 6.20 Å². The molecule has 1 aromatic rings. The summed E-state index contributed by atoms with van der Waals surface area (Å²) in [4.78, 5) is 8.55. The molecule has 4 heteroatoms. The van der Waals surface area contributed by atoms with Gasteiger partial charge in [0, 0.05) is 29.6 Å². The highest BCUT2D eigenvalue weighted by Crippen LogP contribution is 2.26. The Morgan fingerprint density at radius 3 is 2.63 bits per heavy atom. The lowest BCUT2D eigenvalue weighted by Crippen LogP contribution is -2.38. The average Bonchev–Trinajstić information content (AvgIpc) is 2.87. The van der Waals surface area contributed by atoms with Crippen molar-refractivity contribution >= 4 is 11.3 Å². The molecule has 1 atom stereocenters. The van der Waals surface area contributed by atoms with E-state index in [1.54, 1.807) is 0 Å². The van der Waals surface area contributed by atoms with Crippen LogP contribution in [-0.2, 0) is 6.42 Å².